The highest BCUT2D eigenvalue weighted by Gasteiger charge is 2.18. The SMILES string of the molecule is CCOC(=O)c1[nH]c2ccsc2c1C=O. The van der Waals surface area contributed by atoms with E-state index >= 15 is 0 Å². The molecule has 2 aromatic heterocycles. The van der Waals surface area contributed by atoms with E-state index in [1.165, 1.54) is 11.3 Å². The van der Waals surface area contributed by atoms with Gasteiger partial charge >= 0.3 is 5.97 Å². The zero-order chi connectivity index (χ0) is 10.8. The largest absolute Gasteiger partial charge is 0.461 e. The zero-order valence-electron chi connectivity index (χ0n) is 8.07. The van der Waals surface area contributed by atoms with Crippen LogP contribution < -0.4 is 0 Å². The molecule has 0 aliphatic heterocycles. The maximum absolute atomic E-state index is 11.5. The topological polar surface area (TPSA) is 59.2 Å². The number of H-pyrrole nitrogens is 1. The molecule has 15 heavy (non-hydrogen) atoms. The van der Waals surface area contributed by atoms with Crippen LogP contribution in [0.1, 0.15) is 27.8 Å². The van der Waals surface area contributed by atoms with Gasteiger partial charge in [-0.25, -0.2) is 4.79 Å². The first kappa shape index (κ1) is 9.92. The predicted molar refractivity (Wildman–Crippen MR) is 57.5 cm³/mol. The minimum Gasteiger partial charge on any atom is -0.461 e. The van der Waals surface area contributed by atoms with Gasteiger partial charge in [-0.15, -0.1) is 11.3 Å². The molecule has 0 amide bonds. The van der Waals surface area contributed by atoms with Crippen molar-refractivity contribution in [3.8, 4) is 0 Å². The fourth-order valence-corrected chi connectivity index (χ4v) is 2.27. The van der Waals surface area contributed by atoms with E-state index in [1.807, 2.05) is 11.4 Å². The first-order valence-electron chi connectivity index (χ1n) is 4.49. The van der Waals surface area contributed by atoms with Crippen molar-refractivity contribution in [3.63, 3.8) is 0 Å². The molecule has 0 saturated heterocycles. The Hall–Kier alpha value is -1.62. The zero-order valence-corrected chi connectivity index (χ0v) is 8.89. The van der Waals surface area contributed by atoms with Gasteiger partial charge < -0.3 is 9.72 Å². The molecule has 0 aliphatic rings. The Morgan fingerprint density at radius 3 is 3.13 bits per heavy atom. The molecule has 0 unspecified atom stereocenters. The second-order valence-electron chi connectivity index (χ2n) is 2.92. The number of aromatic nitrogens is 1. The van der Waals surface area contributed by atoms with Crippen molar-refractivity contribution in [2.45, 2.75) is 6.92 Å². The number of carbonyl (C=O) groups excluding carboxylic acids is 2. The third-order valence-corrected chi connectivity index (χ3v) is 2.98. The van der Waals surface area contributed by atoms with Crippen molar-refractivity contribution in [2.24, 2.45) is 0 Å². The number of rotatable bonds is 3. The molecular weight excluding hydrogens is 214 g/mol. The molecule has 2 heterocycles. The lowest BCUT2D eigenvalue weighted by atomic mass is 10.2. The predicted octanol–water partition coefficient (Wildman–Crippen LogP) is 2.22. The molecule has 2 aromatic rings. The summed E-state index contributed by atoms with van der Waals surface area (Å²) in [6.45, 7) is 2.02. The first-order valence-corrected chi connectivity index (χ1v) is 5.37. The lowest BCUT2D eigenvalue weighted by Gasteiger charge is -1.99. The van der Waals surface area contributed by atoms with E-state index in [2.05, 4.69) is 4.98 Å². The van der Waals surface area contributed by atoms with E-state index in [-0.39, 0.29) is 5.69 Å². The summed E-state index contributed by atoms with van der Waals surface area (Å²) in [4.78, 5) is 25.3. The van der Waals surface area contributed by atoms with Gasteiger partial charge in [-0.2, -0.15) is 0 Å². The van der Waals surface area contributed by atoms with Gasteiger partial charge in [0.25, 0.3) is 0 Å². The molecule has 0 bridgehead atoms. The van der Waals surface area contributed by atoms with Crippen LogP contribution >= 0.6 is 11.3 Å². The van der Waals surface area contributed by atoms with Gasteiger partial charge in [0.05, 0.1) is 22.4 Å². The van der Waals surface area contributed by atoms with Crippen LogP contribution in [0.3, 0.4) is 0 Å². The average Bonchev–Trinajstić information content (AvgIpc) is 2.76. The van der Waals surface area contributed by atoms with Crippen molar-refractivity contribution in [2.75, 3.05) is 6.61 Å². The normalized spacial score (nSPS) is 10.5. The average molecular weight is 223 g/mol. The van der Waals surface area contributed by atoms with Gasteiger partial charge in [-0.1, -0.05) is 0 Å². The standard InChI is InChI=1S/C10H9NO3S/c1-2-14-10(13)8-6(5-12)9-7(11-8)3-4-15-9/h3-5,11H,2H2,1H3. The van der Waals surface area contributed by atoms with Crippen LogP contribution in [0.4, 0.5) is 0 Å². The van der Waals surface area contributed by atoms with Crippen molar-refractivity contribution in [1.29, 1.82) is 0 Å². The van der Waals surface area contributed by atoms with E-state index < -0.39 is 5.97 Å². The molecule has 0 atom stereocenters. The minimum absolute atomic E-state index is 0.244. The molecule has 2 rings (SSSR count). The number of esters is 1. The summed E-state index contributed by atoms with van der Waals surface area (Å²) in [5.74, 6) is -0.483. The van der Waals surface area contributed by atoms with Crippen LogP contribution in [0, 0.1) is 0 Å². The number of hydrogen-bond acceptors (Lipinski definition) is 4. The van der Waals surface area contributed by atoms with Crippen molar-refractivity contribution < 1.29 is 14.3 Å². The molecule has 0 fully saturated rings. The highest BCUT2D eigenvalue weighted by atomic mass is 32.1. The molecule has 4 nitrogen and oxygen atoms in total. The number of ether oxygens (including phenoxy) is 1. The van der Waals surface area contributed by atoms with Crippen molar-refractivity contribution in [3.05, 3.63) is 22.7 Å². The summed E-state index contributed by atoms with van der Waals surface area (Å²) in [5, 5.41) is 1.86. The molecule has 0 aromatic carbocycles. The van der Waals surface area contributed by atoms with Crippen molar-refractivity contribution in [1.82, 2.24) is 4.98 Å². The van der Waals surface area contributed by atoms with E-state index in [0.29, 0.717) is 18.5 Å². The van der Waals surface area contributed by atoms with E-state index in [9.17, 15) is 9.59 Å². The first-order chi connectivity index (χ1) is 7.27. The minimum atomic E-state index is -0.483. The molecule has 78 valence electrons. The Kier molecular flexibility index (Phi) is 2.55. The number of carbonyl (C=O) groups is 2. The Balaban J connectivity index is 2.54. The highest BCUT2D eigenvalue weighted by Crippen LogP contribution is 2.26. The summed E-state index contributed by atoms with van der Waals surface area (Å²) < 4.78 is 5.64. The fraction of sp³-hybridized carbons (Fsp3) is 0.200. The molecule has 1 N–H and O–H groups in total. The monoisotopic (exact) mass is 223 g/mol. The van der Waals surface area contributed by atoms with E-state index in [1.54, 1.807) is 6.92 Å². The lowest BCUT2D eigenvalue weighted by Crippen LogP contribution is -2.07. The second-order valence-corrected chi connectivity index (χ2v) is 3.83. The van der Waals surface area contributed by atoms with Gasteiger partial charge in [0.1, 0.15) is 5.69 Å². The molecule has 0 radical (unpaired) electrons. The van der Waals surface area contributed by atoms with Crippen LogP contribution in [0.2, 0.25) is 0 Å². The number of thiophene rings is 1. The van der Waals surface area contributed by atoms with Gasteiger partial charge in [0.2, 0.25) is 0 Å². The summed E-state index contributed by atoms with van der Waals surface area (Å²) in [6, 6.07) is 1.83. The number of hydrogen-bond donors (Lipinski definition) is 1. The quantitative estimate of drug-likeness (QED) is 0.641. The van der Waals surface area contributed by atoms with Crippen LogP contribution in [-0.2, 0) is 4.74 Å². The second kappa shape index (κ2) is 3.86. The molecule has 0 spiro atoms. The molecule has 0 aliphatic carbocycles. The maximum atomic E-state index is 11.5. The lowest BCUT2D eigenvalue weighted by molar-refractivity contribution is 0.0518. The Labute approximate surface area is 89.9 Å². The van der Waals surface area contributed by atoms with E-state index in [0.717, 1.165) is 10.2 Å². The van der Waals surface area contributed by atoms with Gasteiger partial charge in [-0.3, -0.25) is 4.79 Å². The third-order valence-electron chi connectivity index (χ3n) is 2.04. The van der Waals surface area contributed by atoms with Crippen LogP contribution in [-0.4, -0.2) is 23.8 Å². The summed E-state index contributed by atoms with van der Waals surface area (Å²) >= 11 is 1.42. The summed E-state index contributed by atoms with van der Waals surface area (Å²) in [6.07, 6.45) is 0.682. The Bertz CT molecular complexity index is 512. The van der Waals surface area contributed by atoms with Gasteiger partial charge in [-0.05, 0) is 18.4 Å². The van der Waals surface area contributed by atoms with Gasteiger partial charge in [0.15, 0.2) is 6.29 Å². The molecule has 0 saturated carbocycles. The number of aromatic amines is 1. The highest BCUT2D eigenvalue weighted by molar-refractivity contribution is 7.17. The molecule has 5 heteroatoms. The molecular formula is C10H9NO3S. The Morgan fingerprint density at radius 1 is 1.67 bits per heavy atom. The smallest absolute Gasteiger partial charge is 0.355 e. The van der Waals surface area contributed by atoms with Crippen LogP contribution in [0.15, 0.2) is 11.4 Å². The third kappa shape index (κ3) is 1.55. The van der Waals surface area contributed by atoms with Crippen LogP contribution in [0.5, 0.6) is 0 Å². The van der Waals surface area contributed by atoms with E-state index in [4.69, 9.17) is 4.74 Å². The number of nitrogens with one attached hydrogen (secondary N) is 1. The number of fused-ring (bicyclic) bond motifs is 1. The summed E-state index contributed by atoms with van der Waals surface area (Å²) in [7, 11) is 0. The summed E-state index contributed by atoms with van der Waals surface area (Å²) in [5.41, 5.74) is 1.43. The number of aldehydes is 1. The van der Waals surface area contributed by atoms with Gasteiger partial charge in [0, 0.05) is 0 Å². The fourth-order valence-electron chi connectivity index (χ4n) is 1.41. The van der Waals surface area contributed by atoms with Crippen molar-refractivity contribution >= 4 is 33.8 Å². The van der Waals surface area contributed by atoms with Crippen LogP contribution in [0.25, 0.3) is 10.2 Å². The maximum Gasteiger partial charge on any atom is 0.355 e. The Morgan fingerprint density at radius 2 is 2.47 bits per heavy atom.